The van der Waals surface area contributed by atoms with E-state index >= 15 is 0 Å². The Bertz CT molecular complexity index is 1240. The fourth-order valence-electron chi connectivity index (χ4n) is 3.46. The van der Waals surface area contributed by atoms with Crippen LogP contribution in [0.2, 0.25) is 0 Å². The monoisotopic (exact) mass is 503 g/mol. The lowest BCUT2D eigenvalue weighted by Crippen LogP contribution is -2.40. The zero-order valence-corrected chi connectivity index (χ0v) is 20.2. The number of esters is 1. The number of carbonyl (C=O) groups excluding carboxylic acids is 2. The maximum Gasteiger partial charge on any atom is 0.357 e. The molecule has 9 nitrogen and oxygen atoms in total. The Morgan fingerprint density at radius 3 is 2.41 bits per heavy atom. The van der Waals surface area contributed by atoms with Crippen LogP contribution in [-0.2, 0) is 37.5 Å². The molecule has 0 aliphatic rings. The first kappa shape index (κ1) is 25.3. The molecule has 2 aromatic carbocycles. The third-order valence-electron chi connectivity index (χ3n) is 5.01. The van der Waals surface area contributed by atoms with Gasteiger partial charge in [-0.1, -0.05) is 42.5 Å². The zero-order valence-electron chi connectivity index (χ0n) is 18.6. The number of carbonyl (C=O) groups is 2. The van der Waals surface area contributed by atoms with Crippen molar-refractivity contribution in [1.29, 1.82) is 0 Å². The SMILES string of the molecule is COC(=O)C(Cc1ccccc1)C(=O)NC(Cc1cccc(NS(=O)(=O)O)c1)c1csc(C)n1. The van der Waals surface area contributed by atoms with Crippen molar-refractivity contribution in [3.05, 3.63) is 81.8 Å². The van der Waals surface area contributed by atoms with Gasteiger partial charge < -0.3 is 10.1 Å². The number of amides is 1. The minimum Gasteiger partial charge on any atom is -0.468 e. The van der Waals surface area contributed by atoms with E-state index in [9.17, 15) is 18.0 Å². The van der Waals surface area contributed by atoms with E-state index in [2.05, 4.69) is 10.3 Å². The Morgan fingerprint density at radius 2 is 1.79 bits per heavy atom. The van der Waals surface area contributed by atoms with E-state index in [1.54, 1.807) is 18.2 Å². The summed E-state index contributed by atoms with van der Waals surface area (Å²) in [5.74, 6) is -2.20. The van der Waals surface area contributed by atoms with E-state index in [0.717, 1.165) is 10.6 Å². The summed E-state index contributed by atoms with van der Waals surface area (Å²) in [6.07, 6.45) is 0.449. The standard InChI is InChI=1S/C23H25N3O6S2/c1-15-24-21(14-33-15)20(13-17-9-6-10-18(11-17)26-34(29,30)31)25-22(27)19(23(28)32-2)12-16-7-4-3-5-8-16/h3-11,14,19-20,26H,12-13H2,1-2H3,(H,25,27)(H,29,30,31). The Morgan fingerprint density at radius 1 is 1.09 bits per heavy atom. The van der Waals surface area contributed by atoms with E-state index in [1.807, 2.05) is 47.4 Å². The lowest BCUT2D eigenvalue weighted by Gasteiger charge is -2.21. The van der Waals surface area contributed by atoms with Crippen LogP contribution in [-0.4, -0.2) is 36.9 Å². The number of aromatic nitrogens is 1. The minimum absolute atomic E-state index is 0.177. The smallest absolute Gasteiger partial charge is 0.357 e. The second-order valence-electron chi connectivity index (χ2n) is 7.60. The molecule has 0 bridgehead atoms. The predicted molar refractivity (Wildman–Crippen MR) is 129 cm³/mol. The van der Waals surface area contributed by atoms with Crippen LogP contribution in [0, 0.1) is 12.8 Å². The van der Waals surface area contributed by atoms with Crippen LogP contribution in [0.15, 0.2) is 60.0 Å². The number of aryl methyl sites for hydroxylation is 1. The van der Waals surface area contributed by atoms with Gasteiger partial charge in [0.25, 0.3) is 0 Å². The zero-order chi connectivity index (χ0) is 24.7. The molecule has 3 rings (SSSR count). The lowest BCUT2D eigenvalue weighted by molar-refractivity contribution is -0.150. The maximum atomic E-state index is 13.2. The van der Waals surface area contributed by atoms with Gasteiger partial charge >= 0.3 is 16.3 Å². The van der Waals surface area contributed by atoms with E-state index in [4.69, 9.17) is 9.29 Å². The van der Waals surface area contributed by atoms with Gasteiger partial charge in [0.1, 0.15) is 5.92 Å². The molecule has 180 valence electrons. The number of rotatable bonds is 10. The number of hydrogen-bond donors (Lipinski definition) is 3. The van der Waals surface area contributed by atoms with Gasteiger partial charge in [-0.2, -0.15) is 8.42 Å². The van der Waals surface area contributed by atoms with Crippen molar-refractivity contribution in [2.75, 3.05) is 11.8 Å². The van der Waals surface area contributed by atoms with Crippen LogP contribution >= 0.6 is 11.3 Å². The van der Waals surface area contributed by atoms with Crippen LogP contribution in [0.25, 0.3) is 0 Å². The second-order valence-corrected chi connectivity index (χ2v) is 9.82. The number of nitrogens with zero attached hydrogens (tertiary/aromatic N) is 1. The Labute approximate surface area is 202 Å². The molecule has 0 radical (unpaired) electrons. The Kier molecular flexibility index (Phi) is 8.37. The summed E-state index contributed by atoms with van der Waals surface area (Å²) in [5.41, 5.74) is 2.30. The number of benzene rings is 2. The quantitative estimate of drug-likeness (QED) is 0.220. The van der Waals surface area contributed by atoms with Crippen molar-refractivity contribution in [1.82, 2.24) is 10.3 Å². The first-order valence-electron chi connectivity index (χ1n) is 10.3. The van der Waals surface area contributed by atoms with Gasteiger partial charge in [0.05, 0.1) is 29.5 Å². The average Bonchev–Trinajstić information content (AvgIpc) is 3.22. The molecule has 2 unspecified atom stereocenters. The molecule has 11 heteroatoms. The Hall–Kier alpha value is -3.28. The molecule has 0 aliphatic carbocycles. The predicted octanol–water partition coefficient (Wildman–Crippen LogP) is 3.10. The molecular weight excluding hydrogens is 478 g/mol. The normalized spacial score (nSPS) is 13.0. The molecule has 3 N–H and O–H groups in total. The highest BCUT2D eigenvalue weighted by molar-refractivity contribution is 7.87. The lowest BCUT2D eigenvalue weighted by atomic mass is 9.97. The topological polar surface area (TPSA) is 135 Å². The van der Waals surface area contributed by atoms with Crippen molar-refractivity contribution >= 4 is 39.2 Å². The summed E-state index contributed by atoms with van der Waals surface area (Å²) < 4.78 is 38.3. The maximum absolute atomic E-state index is 13.2. The van der Waals surface area contributed by atoms with Crippen molar-refractivity contribution in [2.45, 2.75) is 25.8 Å². The summed E-state index contributed by atoms with van der Waals surface area (Å²) in [6, 6.07) is 15.0. The fourth-order valence-corrected chi connectivity index (χ4v) is 4.55. The number of ether oxygens (including phenoxy) is 1. The summed E-state index contributed by atoms with van der Waals surface area (Å²) in [6.45, 7) is 1.84. The third-order valence-corrected chi connectivity index (χ3v) is 6.29. The summed E-state index contributed by atoms with van der Waals surface area (Å²) in [5, 5.41) is 5.55. The van der Waals surface area contributed by atoms with Crippen LogP contribution in [0.4, 0.5) is 5.69 Å². The molecule has 0 aliphatic heterocycles. The van der Waals surface area contributed by atoms with Gasteiger partial charge in [0, 0.05) is 5.38 Å². The molecule has 0 saturated heterocycles. The van der Waals surface area contributed by atoms with E-state index < -0.39 is 34.1 Å². The van der Waals surface area contributed by atoms with Crippen molar-refractivity contribution in [3.8, 4) is 0 Å². The summed E-state index contributed by atoms with van der Waals surface area (Å²) in [4.78, 5) is 30.1. The molecule has 1 amide bonds. The molecular formula is C23H25N3O6S2. The molecule has 0 fully saturated rings. The Balaban J connectivity index is 1.85. The summed E-state index contributed by atoms with van der Waals surface area (Å²) in [7, 11) is -3.19. The highest BCUT2D eigenvalue weighted by Crippen LogP contribution is 2.24. The number of hydrogen-bond acceptors (Lipinski definition) is 7. The fraction of sp³-hybridized carbons (Fsp3) is 0.261. The number of anilines is 1. The number of methoxy groups -OCH3 is 1. The number of thiazole rings is 1. The first-order valence-corrected chi connectivity index (χ1v) is 12.6. The van der Waals surface area contributed by atoms with Crippen molar-refractivity contribution in [2.24, 2.45) is 5.92 Å². The van der Waals surface area contributed by atoms with Crippen LogP contribution in [0.5, 0.6) is 0 Å². The van der Waals surface area contributed by atoms with E-state index in [0.29, 0.717) is 11.3 Å². The second kappa shape index (κ2) is 11.2. The number of nitrogens with one attached hydrogen (secondary N) is 2. The van der Waals surface area contributed by atoms with Crippen molar-refractivity contribution < 1.29 is 27.3 Å². The molecule has 2 atom stereocenters. The van der Waals surface area contributed by atoms with E-state index in [-0.39, 0.29) is 18.5 Å². The average molecular weight is 504 g/mol. The van der Waals surface area contributed by atoms with Crippen LogP contribution in [0.1, 0.15) is 27.9 Å². The van der Waals surface area contributed by atoms with Gasteiger partial charge in [0.2, 0.25) is 5.91 Å². The molecule has 34 heavy (non-hydrogen) atoms. The largest absolute Gasteiger partial charge is 0.468 e. The van der Waals surface area contributed by atoms with E-state index in [1.165, 1.54) is 24.5 Å². The van der Waals surface area contributed by atoms with Crippen LogP contribution < -0.4 is 10.0 Å². The van der Waals surface area contributed by atoms with Gasteiger partial charge in [-0.3, -0.25) is 18.9 Å². The molecule has 0 saturated carbocycles. The molecule has 1 aromatic heterocycles. The summed E-state index contributed by atoms with van der Waals surface area (Å²) >= 11 is 1.42. The first-order chi connectivity index (χ1) is 16.1. The van der Waals surface area contributed by atoms with Gasteiger partial charge in [0.15, 0.2) is 0 Å². The van der Waals surface area contributed by atoms with Gasteiger partial charge in [-0.15, -0.1) is 11.3 Å². The minimum atomic E-state index is -4.43. The van der Waals surface area contributed by atoms with Gasteiger partial charge in [-0.25, -0.2) is 4.98 Å². The molecule has 1 heterocycles. The van der Waals surface area contributed by atoms with Crippen LogP contribution in [0.3, 0.4) is 0 Å². The molecule has 0 spiro atoms. The molecule has 3 aromatic rings. The van der Waals surface area contributed by atoms with Gasteiger partial charge in [-0.05, 0) is 43.0 Å². The van der Waals surface area contributed by atoms with Crippen molar-refractivity contribution in [3.63, 3.8) is 0 Å². The highest BCUT2D eigenvalue weighted by Gasteiger charge is 2.30. The highest BCUT2D eigenvalue weighted by atomic mass is 32.2. The third kappa shape index (κ3) is 7.37.